The molecule has 130 valence electrons. The number of hydrogen-bond acceptors (Lipinski definition) is 2. The lowest BCUT2D eigenvalue weighted by Gasteiger charge is -2.34. The second-order valence-corrected chi connectivity index (χ2v) is 7.45. The van der Waals surface area contributed by atoms with Gasteiger partial charge in [0.1, 0.15) is 6.17 Å². The molecule has 1 heterocycles. The molecule has 1 atom stereocenters. The zero-order valence-electron chi connectivity index (χ0n) is 15.6. The molecule has 0 spiro atoms. The molecule has 2 aromatic rings. The molecular formula is C23H28N2. The second kappa shape index (κ2) is 6.59. The quantitative estimate of drug-likeness (QED) is 0.671. The maximum atomic E-state index is 2.58. The largest absolute Gasteiger partial charge is 0.322 e. The van der Waals surface area contributed by atoms with Crippen LogP contribution < -0.4 is 9.80 Å². The summed E-state index contributed by atoms with van der Waals surface area (Å²) in [6, 6.07) is 19.7. The first kappa shape index (κ1) is 16.3. The SMILES string of the molecule is CC1=C(C2CCCC2)N(c2ccccc2)C(C)N1c1ccccc1C. The van der Waals surface area contributed by atoms with Crippen LogP contribution in [0.4, 0.5) is 11.4 Å². The van der Waals surface area contributed by atoms with Gasteiger partial charge < -0.3 is 9.80 Å². The number of rotatable bonds is 3. The Balaban J connectivity index is 1.83. The van der Waals surface area contributed by atoms with Crippen LogP contribution in [0.5, 0.6) is 0 Å². The van der Waals surface area contributed by atoms with Crippen LogP contribution >= 0.6 is 0 Å². The van der Waals surface area contributed by atoms with E-state index in [0.29, 0.717) is 12.1 Å². The van der Waals surface area contributed by atoms with Crippen molar-refractivity contribution in [2.45, 2.75) is 52.6 Å². The van der Waals surface area contributed by atoms with Gasteiger partial charge in [0, 0.05) is 28.7 Å². The summed E-state index contributed by atoms with van der Waals surface area (Å²) in [6.45, 7) is 6.88. The fourth-order valence-corrected chi connectivity index (χ4v) is 4.75. The predicted octanol–water partition coefficient (Wildman–Crippen LogP) is 6.09. The van der Waals surface area contributed by atoms with Gasteiger partial charge in [0.15, 0.2) is 0 Å². The summed E-state index contributed by atoms with van der Waals surface area (Å²) in [6.07, 6.45) is 5.68. The van der Waals surface area contributed by atoms with Gasteiger partial charge in [-0.05, 0) is 57.4 Å². The third-order valence-electron chi connectivity index (χ3n) is 5.89. The van der Waals surface area contributed by atoms with Crippen LogP contribution in [0.1, 0.15) is 45.1 Å². The van der Waals surface area contributed by atoms with Gasteiger partial charge in [-0.25, -0.2) is 0 Å². The third-order valence-corrected chi connectivity index (χ3v) is 5.89. The molecule has 0 aromatic heterocycles. The lowest BCUT2D eigenvalue weighted by molar-refractivity contribution is 0.602. The molecule has 1 fully saturated rings. The Morgan fingerprint density at radius 2 is 1.44 bits per heavy atom. The number of para-hydroxylation sites is 2. The van der Waals surface area contributed by atoms with E-state index in [2.05, 4.69) is 85.2 Å². The molecule has 2 aromatic carbocycles. The zero-order valence-corrected chi connectivity index (χ0v) is 15.6. The number of allylic oxidation sites excluding steroid dienone is 2. The molecule has 0 bridgehead atoms. The van der Waals surface area contributed by atoms with E-state index in [-0.39, 0.29) is 0 Å². The van der Waals surface area contributed by atoms with E-state index in [1.807, 2.05) is 0 Å². The van der Waals surface area contributed by atoms with Gasteiger partial charge in [0.2, 0.25) is 0 Å². The zero-order chi connectivity index (χ0) is 17.4. The highest BCUT2D eigenvalue weighted by Gasteiger charge is 2.39. The minimum absolute atomic E-state index is 0.305. The van der Waals surface area contributed by atoms with Gasteiger partial charge in [0.25, 0.3) is 0 Å². The van der Waals surface area contributed by atoms with Crippen LogP contribution in [0, 0.1) is 12.8 Å². The summed E-state index contributed by atoms with van der Waals surface area (Å²) in [4.78, 5) is 5.12. The number of hydrogen-bond donors (Lipinski definition) is 0. The first-order valence-corrected chi connectivity index (χ1v) is 9.58. The Bertz CT molecular complexity index is 772. The van der Waals surface area contributed by atoms with Crippen molar-refractivity contribution in [2.24, 2.45) is 5.92 Å². The van der Waals surface area contributed by atoms with Gasteiger partial charge in [-0.3, -0.25) is 0 Å². The number of nitrogens with zero attached hydrogens (tertiary/aromatic N) is 2. The van der Waals surface area contributed by atoms with Crippen molar-refractivity contribution in [2.75, 3.05) is 9.80 Å². The van der Waals surface area contributed by atoms with E-state index in [1.165, 1.54) is 48.3 Å². The van der Waals surface area contributed by atoms with Crippen molar-refractivity contribution < 1.29 is 0 Å². The number of anilines is 2. The van der Waals surface area contributed by atoms with Gasteiger partial charge in [-0.15, -0.1) is 0 Å². The molecule has 1 aliphatic heterocycles. The van der Waals surface area contributed by atoms with E-state index < -0.39 is 0 Å². The smallest absolute Gasteiger partial charge is 0.108 e. The van der Waals surface area contributed by atoms with Crippen molar-refractivity contribution in [3.05, 3.63) is 71.6 Å². The Hall–Kier alpha value is -2.22. The Morgan fingerprint density at radius 1 is 0.800 bits per heavy atom. The van der Waals surface area contributed by atoms with Crippen LogP contribution in [0.3, 0.4) is 0 Å². The van der Waals surface area contributed by atoms with Gasteiger partial charge in [0.05, 0.1) is 0 Å². The van der Waals surface area contributed by atoms with Crippen molar-refractivity contribution in [1.29, 1.82) is 0 Å². The predicted molar refractivity (Wildman–Crippen MR) is 107 cm³/mol. The second-order valence-electron chi connectivity index (χ2n) is 7.45. The van der Waals surface area contributed by atoms with E-state index in [4.69, 9.17) is 0 Å². The maximum Gasteiger partial charge on any atom is 0.108 e. The average molecular weight is 332 g/mol. The Labute approximate surface area is 151 Å². The minimum Gasteiger partial charge on any atom is -0.322 e. The van der Waals surface area contributed by atoms with Crippen LogP contribution in [0.25, 0.3) is 0 Å². The third kappa shape index (κ3) is 2.74. The van der Waals surface area contributed by atoms with E-state index in [9.17, 15) is 0 Å². The van der Waals surface area contributed by atoms with E-state index in [1.54, 1.807) is 5.70 Å². The summed E-state index contributed by atoms with van der Waals surface area (Å²) in [5, 5.41) is 0. The number of aryl methyl sites for hydroxylation is 1. The van der Waals surface area contributed by atoms with Crippen LogP contribution in [-0.4, -0.2) is 6.17 Å². The van der Waals surface area contributed by atoms with Crippen LogP contribution in [0.15, 0.2) is 66.0 Å². The average Bonchev–Trinajstić information content (AvgIpc) is 3.23. The Kier molecular flexibility index (Phi) is 4.29. The molecule has 0 amide bonds. The lowest BCUT2D eigenvalue weighted by Crippen LogP contribution is -2.39. The highest BCUT2D eigenvalue weighted by molar-refractivity contribution is 5.68. The fraction of sp³-hybridized carbons (Fsp3) is 0.391. The van der Waals surface area contributed by atoms with Crippen LogP contribution in [-0.2, 0) is 0 Å². The van der Waals surface area contributed by atoms with Crippen molar-refractivity contribution >= 4 is 11.4 Å². The minimum atomic E-state index is 0.305. The van der Waals surface area contributed by atoms with Crippen molar-refractivity contribution in [3.63, 3.8) is 0 Å². The molecule has 0 saturated heterocycles. The van der Waals surface area contributed by atoms with E-state index in [0.717, 1.165) is 0 Å². The highest BCUT2D eigenvalue weighted by atomic mass is 15.4. The molecule has 2 heteroatoms. The molecule has 2 nitrogen and oxygen atoms in total. The molecule has 0 radical (unpaired) electrons. The first-order chi connectivity index (χ1) is 12.2. The summed E-state index contributed by atoms with van der Waals surface area (Å²) < 4.78 is 0. The van der Waals surface area contributed by atoms with Crippen molar-refractivity contribution in [3.8, 4) is 0 Å². The summed E-state index contributed by atoms with van der Waals surface area (Å²) in [5.74, 6) is 0.691. The molecular weight excluding hydrogens is 304 g/mol. The Morgan fingerprint density at radius 3 is 2.12 bits per heavy atom. The molecule has 1 aliphatic carbocycles. The van der Waals surface area contributed by atoms with Gasteiger partial charge in [-0.1, -0.05) is 49.2 Å². The topological polar surface area (TPSA) is 6.48 Å². The standard InChI is InChI=1S/C23H28N2/c1-17-11-7-10-16-22(17)24-18(2)23(20-12-8-9-13-20)25(19(24)3)21-14-5-4-6-15-21/h4-7,10-11,14-16,19-20H,8-9,12-13H2,1-3H3. The summed E-state index contributed by atoms with van der Waals surface area (Å²) in [5.41, 5.74) is 6.96. The molecule has 0 N–H and O–H groups in total. The molecule has 1 saturated carbocycles. The normalized spacial score (nSPS) is 21.5. The molecule has 2 aliphatic rings. The summed E-state index contributed by atoms with van der Waals surface area (Å²) in [7, 11) is 0. The van der Waals surface area contributed by atoms with Gasteiger partial charge >= 0.3 is 0 Å². The molecule has 25 heavy (non-hydrogen) atoms. The number of benzene rings is 2. The van der Waals surface area contributed by atoms with Crippen molar-refractivity contribution in [1.82, 2.24) is 0 Å². The van der Waals surface area contributed by atoms with Gasteiger partial charge in [-0.2, -0.15) is 0 Å². The first-order valence-electron chi connectivity index (χ1n) is 9.58. The van der Waals surface area contributed by atoms with E-state index >= 15 is 0 Å². The van der Waals surface area contributed by atoms with Crippen LogP contribution in [0.2, 0.25) is 0 Å². The fourth-order valence-electron chi connectivity index (χ4n) is 4.75. The lowest BCUT2D eigenvalue weighted by atomic mass is 10.0. The maximum absolute atomic E-state index is 2.58. The molecule has 4 rings (SSSR count). The highest BCUT2D eigenvalue weighted by Crippen LogP contribution is 2.45. The monoisotopic (exact) mass is 332 g/mol. The molecule has 1 unspecified atom stereocenters. The summed E-state index contributed by atoms with van der Waals surface area (Å²) >= 11 is 0.